The Labute approximate surface area is 95.2 Å². The van der Waals surface area contributed by atoms with Gasteiger partial charge in [0.15, 0.2) is 0 Å². The first kappa shape index (κ1) is 13.0. The second-order valence-corrected chi connectivity index (χ2v) is 5.18. The molecule has 0 aromatic carbocycles. The number of hydrogen-bond donors (Lipinski definition) is 1. The Morgan fingerprint density at radius 2 is 1.93 bits per heavy atom. The number of unbranched alkanes of at least 4 members (excludes halogenated alkanes) is 2. The van der Waals surface area contributed by atoms with E-state index in [1.165, 1.54) is 58.0 Å². The first-order valence-corrected chi connectivity index (χ1v) is 6.68. The van der Waals surface area contributed by atoms with Crippen LogP contribution in [0.1, 0.15) is 51.9 Å². The minimum atomic E-state index is 0.465. The minimum absolute atomic E-state index is 0.465. The Balaban J connectivity index is 2.15. The molecule has 0 heterocycles. The summed E-state index contributed by atoms with van der Waals surface area (Å²) in [5, 5.41) is 0. The molecule has 0 spiro atoms. The fraction of sp³-hybridized carbons (Fsp3) is 1.00. The molecule has 1 aliphatic rings. The van der Waals surface area contributed by atoms with Crippen LogP contribution in [0.15, 0.2) is 0 Å². The monoisotopic (exact) mass is 212 g/mol. The summed E-state index contributed by atoms with van der Waals surface area (Å²) >= 11 is 0. The van der Waals surface area contributed by atoms with Crippen LogP contribution in [0.2, 0.25) is 0 Å². The Kier molecular flexibility index (Phi) is 6.26. The average Bonchev–Trinajstić information content (AvgIpc) is 2.22. The Hall–Kier alpha value is -0.0800. The summed E-state index contributed by atoms with van der Waals surface area (Å²) in [6.45, 7) is 4.72. The molecule has 2 atom stereocenters. The molecule has 0 aliphatic heterocycles. The molecule has 15 heavy (non-hydrogen) atoms. The van der Waals surface area contributed by atoms with Crippen molar-refractivity contribution in [2.45, 2.75) is 57.9 Å². The molecule has 0 saturated heterocycles. The molecule has 2 nitrogen and oxygen atoms in total. The van der Waals surface area contributed by atoms with E-state index in [0.717, 1.165) is 5.92 Å². The molecular formula is C13H28N2. The van der Waals surface area contributed by atoms with Gasteiger partial charge >= 0.3 is 0 Å². The summed E-state index contributed by atoms with van der Waals surface area (Å²) in [5.74, 6) is 0.755. The van der Waals surface area contributed by atoms with Gasteiger partial charge in [0.25, 0.3) is 0 Å². The molecule has 0 amide bonds. The Bertz CT molecular complexity index is 159. The second-order valence-electron chi connectivity index (χ2n) is 5.18. The Morgan fingerprint density at radius 3 is 2.60 bits per heavy atom. The second kappa shape index (κ2) is 7.24. The predicted octanol–water partition coefficient (Wildman–Crippen LogP) is 2.63. The maximum absolute atomic E-state index is 6.16. The quantitative estimate of drug-likeness (QED) is 0.686. The maximum Gasteiger partial charge on any atom is 0.00793 e. The average molecular weight is 212 g/mol. The summed E-state index contributed by atoms with van der Waals surface area (Å²) in [5.41, 5.74) is 6.16. The van der Waals surface area contributed by atoms with Crippen molar-refractivity contribution in [1.29, 1.82) is 0 Å². The molecule has 0 aromatic rings. The highest BCUT2D eigenvalue weighted by molar-refractivity contribution is 4.79. The number of hydrogen-bond acceptors (Lipinski definition) is 2. The molecule has 1 saturated carbocycles. The van der Waals surface area contributed by atoms with Gasteiger partial charge in [-0.05, 0) is 38.8 Å². The van der Waals surface area contributed by atoms with Crippen molar-refractivity contribution in [3.63, 3.8) is 0 Å². The van der Waals surface area contributed by atoms with Gasteiger partial charge in [0.1, 0.15) is 0 Å². The van der Waals surface area contributed by atoms with E-state index in [-0.39, 0.29) is 0 Å². The highest BCUT2D eigenvalue weighted by Crippen LogP contribution is 2.23. The summed E-state index contributed by atoms with van der Waals surface area (Å²) in [6.07, 6.45) is 9.35. The topological polar surface area (TPSA) is 29.3 Å². The van der Waals surface area contributed by atoms with Crippen LogP contribution < -0.4 is 5.73 Å². The lowest BCUT2D eigenvalue weighted by molar-refractivity contribution is 0.209. The molecular weight excluding hydrogens is 184 g/mol. The summed E-state index contributed by atoms with van der Waals surface area (Å²) in [4.78, 5) is 2.48. The van der Waals surface area contributed by atoms with E-state index in [0.29, 0.717) is 6.04 Å². The summed E-state index contributed by atoms with van der Waals surface area (Å²) < 4.78 is 0. The first-order valence-electron chi connectivity index (χ1n) is 6.68. The molecule has 1 fully saturated rings. The molecule has 0 bridgehead atoms. The molecule has 0 aromatic heterocycles. The zero-order chi connectivity index (χ0) is 11.1. The molecule has 1 aliphatic carbocycles. The summed E-state index contributed by atoms with van der Waals surface area (Å²) in [7, 11) is 2.25. The maximum atomic E-state index is 6.16. The van der Waals surface area contributed by atoms with Crippen molar-refractivity contribution in [2.75, 3.05) is 20.1 Å². The smallest absolute Gasteiger partial charge is 0.00793 e. The van der Waals surface area contributed by atoms with Crippen molar-refractivity contribution < 1.29 is 0 Å². The van der Waals surface area contributed by atoms with Gasteiger partial charge in [-0.15, -0.1) is 0 Å². The third-order valence-corrected chi connectivity index (χ3v) is 3.66. The van der Waals surface area contributed by atoms with Crippen LogP contribution >= 0.6 is 0 Å². The number of nitrogens with two attached hydrogens (primary N) is 1. The van der Waals surface area contributed by atoms with Gasteiger partial charge < -0.3 is 10.6 Å². The lowest BCUT2D eigenvalue weighted by atomic mass is 9.85. The van der Waals surface area contributed by atoms with Gasteiger partial charge in [0.05, 0.1) is 0 Å². The molecule has 90 valence electrons. The predicted molar refractivity (Wildman–Crippen MR) is 67.0 cm³/mol. The van der Waals surface area contributed by atoms with Gasteiger partial charge in [-0.2, -0.15) is 0 Å². The lowest BCUT2D eigenvalue weighted by Gasteiger charge is -2.32. The fourth-order valence-electron chi connectivity index (χ4n) is 2.59. The normalized spacial score (nSPS) is 27.2. The van der Waals surface area contributed by atoms with Crippen LogP contribution in [0, 0.1) is 5.92 Å². The zero-order valence-electron chi connectivity index (χ0n) is 10.5. The van der Waals surface area contributed by atoms with Crippen LogP contribution in [-0.4, -0.2) is 31.1 Å². The van der Waals surface area contributed by atoms with Crippen LogP contribution in [-0.2, 0) is 0 Å². The minimum Gasteiger partial charge on any atom is -0.327 e. The molecule has 0 radical (unpaired) electrons. The molecule has 2 heteroatoms. The zero-order valence-corrected chi connectivity index (χ0v) is 10.5. The van der Waals surface area contributed by atoms with Gasteiger partial charge in [-0.1, -0.05) is 32.6 Å². The van der Waals surface area contributed by atoms with Crippen molar-refractivity contribution >= 4 is 0 Å². The lowest BCUT2D eigenvalue weighted by Crippen LogP contribution is -2.40. The van der Waals surface area contributed by atoms with Crippen molar-refractivity contribution in [2.24, 2.45) is 11.7 Å². The van der Waals surface area contributed by atoms with E-state index < -0.39 is 0 Å². The highest BCUT2D eigenvalue weighted by atomic mass is 15.1. The third-order valence-electron chi connectivity index (χ3n) is 3.66. The van der Waals surface area contributed by atoms with Crippen molar-refractivity contribution in [1.82, 2.24) is 4.90 Å². The van der Waals surface area contributed by atoms with Gasteiger partial charge in [0.2, 0.25) is 0 Å². The van der Waals surface area contributed by atoms with E-state index in [1.807, 2.05) is 0 Å². The highest BCUT2D eigenvalue weighted by Gasteiger charge is 2.22. The van der Waals surface area contributed by atoms with Crippen LogP contribution in [0.25, 0.3) is 0 Å². The van der Waals surface area contributed by atoms with Gasteiger partial charge in [-0.3, -0.25) is 0 Å². The van der Waals surface area contributed by atoms with Crippen LogP contribution in [0.3, 0.4) is 0 Å². The molecule has 1 rings (SSSR count). The van der Waals surface area contributed by atoms with Crippen molar-refractivity contribution in [3.05, 3.63) is 0 Å². The van der Waals surface area contributed by atoms with Crippen LogP contribution in [0.4, 0.5) is 0 Å². The summed E-state index contributed by atoms with van der Waals surface area (Å²) in [6, 6.07) is 0.465. The standard InChI is InChI=1S/C13H28N2/c1-3-4-7-10-15(2)11-12-8-5-6-9-13(12)14/h12-13H,3-11,14H2,1-2H3. The SMILES string of the molecule is CCCCCN(C)CC1CCCCC1N. The van der Waals surface area contributed by atoms with E-state index in [4.69, 9.17) is 5.73 Å². The number of nitrogens with zero attached hydrogens (tertiary/aromatic N) is 1. The first-order chi connectivity index (χ1) is 7.24. The number of rotatable bonds is 6. The fourth-order valence-corrected chi connectivity index (χ4v) is 2.59. The van der Waals surface area contributed by atoms with Gasteiger partial charge in [-0.25, -0.2) is 0 Å². The molecule has 2 unspecified atom stereocenters. The van der Waals surface area contributed by atoms with E-state index in [9.17, 15) is 0 Å². The van der Waals surface area contributed by atoms with E-state index in [2.05, 4.69) is 18.9 Å². The van der Waals surface area contributed by atoms with Crippen molar-refractivity contribution in [3.8, 4) is 0 Å². The Morgan fingerprint density at radius 1 is 1.20 bits per heavy atom. The van der Waals surface area contributed by atoms with E-state index in [1.54, 1.807) is 0 Å². The third kappa shape index (κ3) is 4.98. The van der Waals surface area contributed by atoms with E-state index >= 15 is 0 Å². The van der Waals surface area contributed by atoms with Crippen LogP contribution in [0.5, 0.6) is 0 Å². The molecule has 2 N–H and O–H groups in total. The van der Waals surface area contributed by atoms with Gasteiger partial charge in [0, 0.05) is 12.6 Å². The largest absolute Gasteiger partial charge is 0.327 e.